The minimum Gasteiger partial charge on any atom is -0.468 e. The molecule has 0 aromatic carbocycles. The van der Waals surface area contributed by atoms with Crippen LogP contribution in [0.5, 0.6) is 0 Å². The Morgan fingerprint density at radius 3 is 3.00 bits per heavy atom. The Bertz CT molecular complexity index is 325. The first-order valence-corrected chi connectivity index (χ1v) is 5.22. The molecule has 2 nitrogen and oxygen atoms in total. The number of carbonyl (C=O) groups is 1. The van der Waals surface area contributed by atoms with Crippen molar-refractivity contribution in [2.24, 2.45) is 0 Å². The predicted octanol–water partition coefficient (Wildman–Crippen LogP) is 2.76. The van der Waals surface area contributed by atoms with Gasteiger partial charge >= 0.3 is 0 Å². The van der Waals surface area contributed by atoms with Gasteiger partial charge in [-0.1, -0.05) is 0 Å². The van der Waals surface area contributed by atoms with Crippen LogP contribution in [0.15, 0.2) is 33.8 Å². The molecule has 1 heterocycles. The Hall–Kier alpha value is -0.960. The first-order valence-electron chi connectivity index (χ1n) is 4.23. The lowest BCUT2D eigenvalue weighted by atomic mass is 10.3. The predicted molar refractivity (Wildman–Crippen MR) is 52.3 cm³/mol. The van der Waals surface area contributed by atoms with Gasteiger partial charge in [0.2, 0.25) is 0 Å². The SMILES string of the molecule is O=C1C=C(SCc2ccco2)CC1. The third kappa shape index (κ3) is 2.25. The number of furan rings is 1. The second kappa shape index (κ2) is 3.83. The molecule has 0 amide bonds. The minimum atomic E-state index is 0.252. The maximum Gasteiger partial charge on any atom is 0.156 e. The lowest BCUT2D eigenvalue weighted by Crippen LogP contribution is -1.80. The monoisotopic (exact) mass is 194 g/mol. The number of carbonyl (C=O) groups excluding carboxylic acids is 1. The summed E-state index contributed by atoms with van der Waals surface area (Å²) in [4.78, 5) is 12.1. The summed E-state index contributed by atoms with van der Waals surface area (Å²) in [7, 11) is 0. The van der Waals surface area contributed by atoms with E-state index in [0.29, 0.717) is 6.42 Å². The highest BCUT2D eigenvalue weighted by molar-refractivity contribution is 8.02. The first-order chi connectivity index (χ1) is 6.34. The van der Waals surface area contributed by atoms with E-state index in [1.807, 2.05) is 12.1 Å². The molecule has 2 rings (SSSR count). The van der Waals surface area contributed by atoms with E-state index in [-0.39, 0.29) is 5.78 Å². The Morgan fingerprint density at radius 1 is 1.46 bits per heavy atom. The van der Waals surface area contributed by atoms with E-state index in [0.717, 1.165) is 17.9 Å². The minimum absolute atomic E-state index is 0.252. The molecule has 0 radical (unpaired) electrons. The van der Waals surface area contributed by atoms with Gasteiger partial charge in [-0.2, -0.15) is 0 Å². The standard InChI is InChI=1S/C10H10O2S/c11-8-3-4-10(6-8)13-7-9-2-1-5-12-9/h1-2,5-6H,3-4,7H2. The van der Waals surface area contributed by atoms with Crippen LogP contribution >= 0.6 is 11.8 Å². The zero-order chi connectivity index (χ0) is 9.10. The number of hydrogen-bond donors (Lipinski definition) is 0. The van der Waals surface area contributed by atoms with Crippen LogP contribution in [0.4, 0.5) is 0 Å². The summed E-state index contributed by atoms with van der Waals surface area (Å²) in [5.41, 5.74) is 0. The maximum atomic E-state index is 10.9. The topological polar surface area (TPSA) is 30.2 Å². The molecule has 0 atom stereocenters. The van der Waals surface area contributed by atoms with E-state index in [1.54, 1.807) is 24.1 Å². The summed E-state index contributed by atoms with van der Waals surface area (Å²) in [5, 5.41) is 0. The molecule has 0 unspecified atom stereocenters. The molecule has 0 spiro atoms. The lowest BCUT2D eigenvalue weighted by Gasteiger charge is -1.97. The van der Waals surface area contributed by atoms with Gasteiger partial charge in [0.25, 0.3) is 0 Å². The molecule has 1 aliphatic carbocycles. The van der Waals surface area contributed by atoms with Gasteiger partial charge in [0.1, 0.15) is 5.76 Å². The molecule has 1 aromatic rings. The molecule has 0 saturated carbocycles. The van der Waals surface area contributed by atoms with Crippen LogP contribution in [0.1, 0.15) is 18.6 Å². The summed E-state index contributed by atoms with van der Waals surface area (Å²) in [5.74, 6) is 2.04. The van der Waals surface area contributed by atoms with Gasteiger partial charge in [0, 0.05) is 6.42 Å². The summed E-state index contributed by atoms with van der Waals surface area (Å²) >= 11 is 1.69. The lowest BCUT2D eigenvalue weighted by molar-refractivity contribution is -0.114. The fourth-order valence-electron chi connectivity index (χ4n) is 1.24. The summed E-state index contributed by atoms with van der Waals surface area (Å²) in [6.07, 6.45) is 5.00. The van der Waals surface area contributed by atoms with Crippen LogP contribution in [0.3, 0.4) is 0 Å². The Balaban J connectivity index is 1.87. The average Bonchev–Trinajstić information content (AvgIpc) is 2.71. The normalized spacial score (nSPS) is 16.3. The van der Waals surface area contributed by atoms with Crippen molar-refractivity contribution in [1.82, 2.24) is 0 Å². The van der Waals surface area contributed by atoms with Crippen molar-refractivity contribution >= 4 is 17.5 Å². The van der Waals surface area contributed by atoms with Gasteiger partial charge < -0.3 is 4.42 Å². The van der Waals surface area contributed by atoms with Crippen LogP contribution in [-0.2, 0) is 10.5 Å². The van der Waals surface area contributed by atoms with Crippen LogP contribution in [0.2, 0.25) is 0 Å². The number of ketones is 1. The summed E-state index contributed by atoms with van der Waals surface area (Å²) < 4.78 is 5.19. The smallest absolute Gasteiger partial charge is 0.156 e. The molecular weight excluding hydrogens is 184 g/mol. The highest BCUT2D eigenvalue weighted by atomic mass is 32.2. The van der Waals surface area contributed by atoms with Crippen molar-refractivity contribution in [3.8, 4) is 0 Å². The highest BCUT2D eigenvalue weighted by Gasteiger charge is 2.12. The second-order valence-corrected chi connectivity index (χ2v) is 4.05. The first kappa shape index (κ1) is 8.63. The molecule has 1 aromatic heterocycles. The van der Waals surface area contributed by atoms with E-state index in [4.69, 9.17) is 4.42 Å². The molecule has 0 fully saturated rings. The van der Waals surface area contributed by atoms with E-state index in [2.05, 4.69) is 0 Å². The van der Waals surface area contributed by atoms with E-state index < -0.39 is 0 Å². The maximum absolute atomic E-state index is 10.9. The summed E-state index contributed by atoms with van der Waals surface area (Å²) in [6, 6.07) is 3.83. The van der Waals surface area contributed by atoms with Crippen LogP contribution in [-0.4, -0.2) is 5.78 Å². The van der Waals surface area contributed by atoms with Gasteiger partial charge in [0.15, 0.2) is 5.78 Å². The Morgan fingerprint density at radius 2 is 2.38 bits per heavy atom. The van der Waals surface area contributed by atoms with Crippen molar-refractivity contribution in [2.45, 2.75) is 18.6 Å². The van der Waals surface area contributed by atoms with Gasteiger partial charge in [-0.05, 0) is 29.5 Å². The zero-order valence-corrected chi connectivity index (χ0v) is 7.97. The largest absolute Gasteiger partial charge is 0.468 e. The van der Waals surface area contributed by atoms with Crippen molar-refractivity contribution in [3.63, 3.8) is 0 Å². The van der Waals surface area contributed by atoms with Crippen molar-refractivity contribution in [2.75, 3.05) is 0 Å². The van der Waals surface area contributed by atoms with Crippen molar-refractivity contribution in [3.05, 3.63) is 35.1 Å². The van der Waals surface area contributed by atoms with Gasteiger partial charge in [-0.3, -0.25) is 4.79 Å². The number of allylic oxidation sites excluding steroid dienone is 2. The molecule has 68 valence electrons. The van der Waals surface area contributed by atoms with Gasteiger partial charge in [-0.15, -0.1) is 11.8 Å². The van der Waals surface area contributed by atoms with Crippen LogP contribution in [0, 0.1) is 0 Å². The van der Waals surface area contributed by atoms with Crippen LogP contribution < -0.4 is 0 Å². The number of hydrogen-bond acceptors (Lipinski definition) is 3. The quantitative estimate of drug-likeness (QED) is 0.741. The highest BCUT2D eigenvalue weighted by Crippen LogP contribution is 2.29. The molecular formula is C10H10O2S. The summed E-state index contributed by atoms with van der Waals surface area (Å²) in [6.45, 7) is 0. The van der Waals surface area contributed by atoms with E-state index in [9.17, 15) is 4.79 Å². The third-order valence-corrected chi connectivity index (χ3v) is 3.04. The fourth-order valence-corrected chi connectivity index (χ4v) is 2.20. The van der Waals surface area contributed by atoms with E-state index in [1.165, 1.54) is 4.91 Å². The van der Waals surface area contributed by atoms with E-state index >= 15 is 0 Å². The molecule has 0 aliphatic heterocycles. The molecule has 13 heavy (non-hydrogen) atoms. The molecule has 0 saturated heterocycles. The number of rotatable bonds is 3. The van der Waals surface area contributed by atoms with Crippen molar-refractivity contribution in [1.29, 1.82) is 0 Å². The molecule has 0 N–H and O–H groups in total. The Kier molecular flexibility index (Phi) is 2.54. The van der Waals surface area contributed by atoms with Crippen LogP contribution in [0.25, 0.3) is 0 Å². The van der Waals surface area contributed by atoms with Crippen molar-refractivity contribution < 1.29 is 9.21 Å². The third-order valence-electron chi connectivity index (χ3n) is 1.92. The van der Waals surface area contributed by atoms with Gasteiger partial charge in [0.05, 0.1) is 12.0 Å². The Labute approximate surface area is 81.0 Å². The fraction of sp³-hybridized carbons (Fsp3) is 0.300. The molecule has 1 aliphatic rings. The average molecular weight is 194 g/mol. The molecule has 3 heteroatoms. The number of thioether (sulfide) groups is 1. The zero-order valence-electron chi connectivity index (χ0n) is 7.16. The second-order valence-electron chi connectivity index (χ2n) is 2.95. The van der Waals surface area contributed by atoms with Gasteiger partial charge in [-0.25, -0.2) is 0 Å². The molecule has 0 bridgehead atoms.